The monoisotopic (exact) mass is 373 g/mol. The summed E-state index contributed by atoms with van der Waals surface area (Å²) in [5, 5.41) is 13.1. The van der Waals surface area contributed by atoms with Crippen molar-refractivity contribution in [2.24, 2.45) is 0 Å². The molecule has 3 aromatic rings. The van der Waals surface area contributed by atoms with E-state index in [1.807, 2.05) is 0 Å². The summed E-state index contributed by atoms with van der Waals surface area (Å²) in [7, 11) is 1.59. The fourth-order valence-electron chi connectivity index (χ4n) is 2.19. The van der Waals surface area contributed by atoms with Gasteiger partial charge < -0.3 is 20.1 Å². The Bertz CT molecular complexity index is 873. The standard InChI is InChI=1S/C18H17F2N5O2/c1-26-12-5-7-13(8-6-12)27-10-9-21-18-24-16(11-22-25-18)23-17-14(19)3-2-4-15(17)20/h2-8,11H,9-10H2,1H3,(H2,21,23,24,25). The molecule has 140 valence electrons. The number of rotatable bonds is 8. The van der Waals surface area contributed by atoms with Gasteiger partial charge in [0.15, 0.2) is 5.82 Å². The number of aromatic nitrogens is 3. The summed E-state index contributed by atoms with van der Waals surface area (Å²) in [6.07, 6.45) is 1.27. The predicted molar refractivity (Wildman–Crippen MR) is 96.4 cm³/mol. The van der Waals surface area contributed by atoms with Gasteiger partial charge in [0.1, 0.15) is 35.4 Å². The minimum Gasteiger partial charge on any atom is -0.497 e. The third-order valence-corrected chi connectivity index (χ3v) is 3.49. The molecule has 0 atom stereocenters. The molecule has 0 bridgehead atoms. The molecule has 7 nitrogen and oxygen atoms in total. The Hall–Kier alpha value is -3.49. The van der Waals surface area contributed by atoms with Crippen molar-refractivity contribution in [2.45, 2.75) is 0 Å². The number of hydrogen-bond donors (Lipinski definition) is 2. The summed E-state index contributed by atoms with van der Waals surface area (Å²) in [5.41, 5.74) is -0.299. The lowest BCUT2D eigenvalue weighted by Crippen LogP contribution is -2.14. The summed E-state index contributed by atoms with van der Waals surface area (Å²) < 4.78 is 38.0. The summed E-state index contributed by atoms with van der Waals surface area (Å²) >= 11 is 0. The van der Waals surface area contributed by atoms with Crippen LogP contribution in [0.4, 0.5) is 26.2 Å². The number of nitrogens with zero attached hydrogens (tertiary/aromatic N) is 3. The second kappa shape index (κ2) is 8.75. The van der Waals surface area contributed by atoms with Crippen LogP contribution in [-0.4, -0.2) is 35.4 Å². The van der Waals surface area contributed by atoms with Gasteiger partial charge in [0.05, 0.1) is 19.9 Å². The van der Waals surface area contributed by atoms with Gasteiger partial charge >= 0.3 is 0 Å². The third kappa shape index (κ3) is 5.00. The Labute approximate surface area is 154 Å². The molecular formula is C18H17F2N5O2. The Morgan fingerprint density at radius 3 is 2.41 bits per heavy atom. The first-order valence-electron chi connectivity index (χ1n) is 8.07. The Kier molecular flexibility index (Phi) is 5.93. The van der Waals surface area contributed by atoms with Crippen molar-refractivity contribution in [1.82, 2.24) is 15.2 Å². The van der Waals surface area contributed by atoms with E-state index in [9.17, 15) is 8.78 Å². The first-order valence-corrected chi connectivity index (χ1v) is 8.07. The van der Waals surface area contributed by atoms with E-state index in [4.69, 9.17) is 9.47 Å². The van der Waals surface area contributed by atoms with Crippen LogP contribution in [0, 0.1) is 11.6 Å². The van der Waals surface area contributed by atoms with Crippen molar-refractivity contribution in [3.63, 3.8) is 0 Å². The third-order valence-electron chi connectivity index (χ3n) is 3.49. The maximum absolute atomic E-state index is 13.7. The van der Waals surface area contributed by atoms with Gasteiger partial charge in [-0.2, -0.15) is 10.1 Å². The van der Waals surface area contributed by atoms with Crippen molar-refractivity contribution >= 4 is 17.5 Å². The molecule has 0 aliphatic rings. The Balaban J connectivity index is 1.53. The molecule has 0 fully saturated rings. The van der Waals surface area contributed by atoms with Crippen LogP contribution in [0.5, 0.6) is 11.5 Å². The van der Waals surface area contributed by atoms with Crippen LogP contribution < -0.4 is 20.1 Å². The lowest BCUT2D eigenvalue weighted by Gasteiger charge is -2.10. The SMILES string of the molecule is COc1ccc(OCCNc2nncc(Nc3c(F)cccc3F)n2)cc1. The van der Waals surface area contributed by atoms with Gasteiger partial charge in [-0.3, -0.25) is 0 Å². The van der Waals surface area contributed by atoms with Crippen molar-refractivity contribution in [1.29, 1.82) is 0 Å². The average Bonchev–Trinajstić information content (AvgIpc) is 2.69. The molecule has 2 N–H and O–H groups in total. The van der Waals surface area contributed by atoms with Crippen LogP contribution in [0.2, 0.25) is 0 Å². The van der Waals surface area contributed by atoms with Crippen molar-refractivity contribution in [3.8, 4) is 11.5 Å². The van der Waals surface area contributed by atoms with E-state index >= 15 is 0 Å². The minimum atomic E-state index is -0.726. The van der Waals surface area contributed by atoms with E-state index in [1.54, 1.807) is 31.4 Å². The second-order valence-corrected chi connectivity index (χ2v) is 5.34. The van der Waals surface area contributed by atoms with E-state index in [0.717, 1.165) is 17.9 Å². The Morgan fingerprint density at radius 1 is 1.00 bits per heavy atom. The molecule has 3 rings (SSSR count). The van der Waals surface area contributed by atoms with Gasteiger partial charge in [-0.25, -0.2) is 8.78 Å². The first-order chi connectivity index (χ1) is 13.2. The summed E-state index contributed by atoms with van der Waals surface area (Å²) in [5.74, 6) is 0.354. The molecule has 2 aromatic carbocycles. The van der Waals surface area contributed by atoms with E-state index < -0.39 is 11.6 Å². The van der Waals surface area contributed by atoms with E-state index in [1.165, 1.54) is 12.3 Å². The molecule has 0 saturated heterocycles. The van der Waals surface area contributed by atoms with E-state index in [-0.39, 0.29) is 17.5 Å². The average molecular weight is 373 g/mol. The number of anilines is 3. The van der Waals surface area contributed by atoms with Crippen LogP contribution in [0.25, 0.3) is 0 Å². The van der Waals surface area contributed by atoms with Crippen LogP contribution >= 0.6 is 0 Å². The molecule has 0 spiro atoms. The number of hydrogen-bond acceptors (Lipinski definition) is 7. The van der Waals surface area contributed by atoms with E-state index in [2.05, 4.69) is 25.8 Å². The van der Waals surface area contributed by atoms with Gasteiger partial charge in [0, 0.05) is 0 Å². The largest absolute Gasteiger partial charge is 0.497 e. The zero-order valence-corrected chi connectivity index (χ0v) is 14.4. The highest BCUT2D eigenvalue weighted by molar-refractivity contribution is 5.57. The van der Waals surface area contributed by atoms with Gasteiger partial charge in [-0.1, -0.05) is 6.07 Å². The van der Waals surface area contributed by atoms with Gasteiger partial charge in [-0.05, 0) is 36.4 Å². The summed E-state index contributed by atoms with van der Waals surface area (Å²) in [6.45, 7) is 0.764. The first kappa shape index (κ1) is 18.3. The van der Waals surface area contributed by atoms with Gasteiger partial charge in [-0.15, -0.1) is 5.10 Å². The van der Waals surface area contributed by atoms with Gasteiger partial charge in [0.2, 0.25) is 5.95 Å². The molecule has 9 heteroatoms. The van der Waals surface area contributed by atoms with Gasteiger partial charge in [0.25, 0.3) is 0 Å². The van der Waals surface area contributed by atoms with Crippen molar-refractivity contribution in [3.05, 3.63) is 60.3 Å². The number of halogens is 2. The lowest BCUT2D eigenvalue weighted by molar-refractivity contribution is 0.331. The minimum absolute atomic E-state index is 0.160. The number of para-hydroxylation sites is 1. The highest BCUT2D eigenvalue weighted by Crippen LogP contribution is 2.22. The van der Waals surface area contributed by atoms with Crippen LogP contribution in [0.15, 0.2) is 48.7 Å². The molecule has 27 heavy (non-hydrogen) atoms. The maximum atomic E-state index is 13.7. The van der Waals surface area contributed by atoms with E-state index in [0.29, 0.717) is 18.9 Å². The number of nitrogens with one attached hydrogen (secondary N) is 2. The molecule has 0 unspecified atom stereocenters. The van der Waals surface area contributed by atoms with Crippen LogP contribution in [0.1, 0.15) is 0 Å². The highest BCUT2D eigenvalue weighted by atomic mass is 19.1. The molecule has 0 saturated carbocycles. The summed E-state index contributed by atoms with van der Waals surface area (Å²) in [6, 6.07) is 10.8. The molecule has 0 aliphatic heterocycles. The molecule has 1 heterocycles. The Morgan fingerprint density at radius 2 is 1.70 bits per heavy atom. The molecular weight excluding hydrogens is 356 g/mol. The van der Waals surface area contributed by atoms with Crippen LogP contribution in [0.3, 0.4) is 0 Å². The predicted octanol–water partition coefficient (Wildman–Crippen LogP) is 3.39. The number of methoxy groups -OCH3 is 1. The highest BCUT2D eigenvalue weighted by Gasteiger charge is 2.10. The van der Waals surface area contributed by atoms with Crippen LogP contribution in [-0.2, 0) is 0 Å². The fraction of sp³-hybridized carbons (Fsp3) is 0.167. The fourth-order valence-corrected chi connectivity index (χ4v) is 2.19. The normalized spacial score (nSPS) is 10.3. The summed E-state index contributed by atoms with van der Waals surface area (Å²) in [4.78, 5) is 4.12. The molecule has 0 radical (unpaired) electrons. The maximum Gasteiger partial charge on any atom is 0.244 e. The zero-order chi connectivity index (χ0) is 19.1. The van der Waals surface area contributed by atoms with Crippen molar-refractivity contribution < 1.29 is 18.3 Å². The topological polar surface area (TPSA) is 81.2 Å². The smallest absolute Gasteiger partial charge is 0.244 e. The van der Waals surface area contributed by atoms with Crippen molar-refractivity contribution in [2.75, 3.05) is 30.9 Å². The second-order valence-electron chi connectivity index (χ2n) is 5.34. The number of benzene rings is 2. The quantitative estimate of drug-likeness (QED) is 0.586. The number of ether oxygens (including phenoxy) is 2. The zero-order valence-electron chi connectivity index (χ0n) is 14.4. The molecule has 1 aromatic heterocycles. The molecule has 0 aliphatic carbocycles. The molecule has 0 amide bonds. The lowest BCUT2D eigenvalue weighted by atomic mass is 10.3.